The standard InChI is InChI=1S/C11H16N4S2/c1-4-5-15-10(13-14-11(15)16)9-8(7(2)3)12-6-17-9/h6-7H,4-5H2,1-3H3,(H,14,16). The van der Waals surface area contributed by atoms with Crippen molar-refractivity contribution in [2.45, 2.75) is 39.7 Å². The topological polar surface area (TPSA) is 46.5 Å². The Morgan fingerprint density at radius 3 is 2.94 bits per heavy atom. The average molecular weight is 268 g/mol. The van der Waals surface area contributed by atoms with Crippen LogP contribution in [0.25, 0.3) is 10.7 Å². The predicted octanol–water partition coefficient (Wildman–Crippen LogP) is 3.60. The van der Waals surface area contributed by atoms with Gasteiger partial charge >= 0.3 is 0 Å². The highest BCUT2D eigenvalue weighted by atomic mass is 32.1. The van der Waals surface area contributed by atoms with E-state index in [9.17, 15) is 0 Å². The molecule has 0 bridgehead atoms. The van der Waals surface area contributed by atoms with E-state index in [1.54, 1.807) is 11.3 Å². The lowest BCUT2D eigenvalue weighted by Crippen LogP contribution is -2.01. The molecule has 6 heteroatoms. The lowest BCUT2D eigenvalue weighted by atomic mass is 10.1. The first-order valence-corrected chi connectivity index (χ1v) is 7.02. The van der Waals surface area contributed by atoms with Gasteiger partial charge in [0, 0.05) is 6.54 Å². The van der Waals surface area contributed by atoms with Crippen LogP contribution in [0.2, 0.25) is 0 Å². The molecule has 2 heterocycles. The Bertz CT molecular complexity index is 550. The Morgan fingerprint density at radius 2 is 2.29 bits per heavy atom. The van der Waals surface area contributed by atoms with Gasteiger partial charge < -0.3 is 0 Å². The number of hydrogen-bond donors (Lipinski definition) is 1. The maximum atomic E-state index is 5.25. The van der Waals surface area contributed by atoms with Crippen molar-refractivity contribution in [1.82, 2.24) is 19.7 Å². The minimum atomic E-state index is 0.400. The molecule has 0 aliphatic carbocycles. The normalized spacial score (nSPS) is 11.3. The summed E-state index contributed by atoms with van der Waals surface area (Å²) in [4.78, 5) is 5.55. The number of aromatic amines is 1. The number of hydrogen-bond acceptors (Lipinski definition) is 4. The molecule has 2 aromatic rings. The van der Waals surface area contributed by atoms with E-state index in [-0.39, 0.29) is 0 Å². The molecule has 0 saturated carbocycles. The highest BCUT2D eigenvalue weighted by Gasteiger charge is 2.17. The van der Waals surface area contributed by atoms with Gasteiger partial charge in [0.25, 0.3) is 0 Å². The van der Waals surface area contributed by atoms with Crippen LogP contribution in [0.4, 0.5) is 0 Å². The molecular formula is C11H16N4S2. The third kappa shape index (κ3) is 2.32. The monoisotopic (exact) mass is 268 g/mol. The first-order chi connectivity index (χ1) is 8.15. The summed E-state index contributed by atoms with van der Waals surface area (Å²) in [5.41, 5.74) is 2.97. The van der Waals surface area contributed by atoms with Crippen LogP contribution in [-0.2, 0) is 6.54 Å². The van der Waals surface area contributed by atoms with E-state index in [0.29, 0.717) is 10.7 Å². The quantitative estimate of drug-likeness (QED) is 0.862. The van der Waals surface area contributed by atoms with E-state index < -0.39 is 0 Å². The van der Waals surface area contributed by atoms with E-state index in [2.05, 4.69) is 40.5 Å². The van der Waals surface area contributed by atoms with Crippen LogP contribution in [0.5, 0.6) is 0 Å². The summed E-state index contributed by atoms with van der Waals surface area (Å²) in [6.45, 7) is 7.31. The van der Waals surface area contributed by atoms with E-state index in [0.717, 1.165) is 29.4 Å². The average Bonchev–Trinajstić information content (AvgIpc) is 2.87. The molecule has 4 nitrogen and oxygen atoms in total. The summed E-state index contributed by atoms with van der Waals surface area (Å²) in [5, 5.41) is 7.21. The van der Waals surface area contributed by atoms with Crippen LogP contribution in [0.1, 0.15) is 38.8 Å². The highest BCUT2D eigenvalue weighted by Crippen LogP contribution is 2.30. The van der Waals surface area contributed by atoms with Gasteiger partial charge in [0.15, 0.2) is 10.6 Å². The molecule has 0 aromatic carbocycles. The fourth-order valence-corrected chi connectivity index (χ4v) is 2.92. The number of H-pyrrole nitrogens is 1. The Kier molecular flexibility index (Phi) is 3.73. The SMILES string of the molecule is CCCn1c(-c2scnc2C(C)C)n[nH]c1=S. The summed E-state index contributed by atoms with van der Waals surface area (Å²) >= 11 is 6.87. The first-order valence-electron chi connectivity index (χ1n) is 5.74. The molecule has 0 saturated heterocycles. The number of aromatic nitrogens is 4. The lowest BCUT2D eigenvalue weighted by molar-refractivity contribution is 0.674. The van der Waals surface area contributed by atoms with Crippen LogP contribution >= 0.6 is 23.6 Å². The van der Waals surface area contributed by atoms with Gasteiger partial charge in [0.05, 0.1) is 16.1 Å². The number of nitrogens with one attached hydrogen (secondary N) is 1. The van der Waals surface area contributed by atoms with E-state index in [1.807, 2.05) is 5.51 Å². The third-order valence-corrected chi connectivity index (χ3v) is 3.70. The van der Waals surface area contributed by atoms with Crippen LogP contribution < -0.4 is 0 Å². The maximum absolute atomic E-state index is 5.25. The van der Waals surface area contributed by atoms with Crippen molar-refractivity contribution in [3.05, 3.63) is 16.0 Å². The number of nitrogens with zero attached hydrogens (tertiary/aromatic N) is 3. The zero-order valence-electron chi connectivity index (χ0n) is 10.2. The predicted molar refractivity (Wildman–Crippen MR) is 72.9 cm³/mol. The third-order valence-electron chi connectivity index (χ3n) is 2.55. The molecule has 0 aliphatic rings. The van der Waals surface area contributed by atoms with Gasteiger partial charge in [-0.2, -0.15) is 5.10 Å². The minimum Gasteiger partial charge on any atom is -0.299 e. The Hall–Kier alpha value is -1.01. The Morgan fingerprint density at radius 1 is 1.53 bits per heavy atom. The van der Waals surface area contributed by atoms with Crippen LogP contribution in [-0.4, -0.2) is 19.7 Å². The summed E-state index contributed by atoms with van der Waals surface area (Å²) in [6, 6.07) is 0. The van der Waals surface area contributed by atoms with Gasteiger partial charge in [0.1, 0.15) is 0 Å². The minimum absolute atomic E-state index is 0.400. The molecule has 92 valence electrons. The van der Waals surface area contributed by atoms with Gasteiger partial charge in [-0.1, -0.05) is 20.8 Å². The largest absolute Gasteiger partial charge is 0.299 e. The molecule has 0 radical (unpaired) electrons. The van der Waals surface area contributed by atoms with Crippen molar-refractivity contribution < 1.29 is 0 Å². The van der Waals surface area contributed by atoms with Gasteiger partial charge in [-0.3, -0.25) is 9.67 Å². The Labute approximate surface area is 110 Å². The molecular weight excluding hydrogens is 252 g/mol. The second-order valence-corrected chi connectivity index (χ2v) is 5.47. The maximum Gasteiger partial charge on any atom is 0.195 e. The van der Waals surface area contributed by atoms with Crippen molar-refractivity contribution in [3.8, 4) is 10.7 Å². The fourth-order valence-electron chi connectivity index (χ4n) is 1.76. The molecule has 17 heavy (non-hydrogen) atoms. The van der Waals surface area contributed by atoms with Gasteiger partial charge in [-0.05, 0) is 24.6 Å². The molecule has 0 spiro atoms. The zero-order valence-corrected chi connectivity index (χ0v) is 11.9. The van der Waals surface area contributed by atoms with Crippen LogP contribution in [0.3, 0.4) is 0 Å². The van der Waals surface area contributed by atoms with Crippen molar-refractivity contribution in [2.24, 2.45) is 0 Å². The molecule has 1 N–H and O–H groups in total. The van der Waals surface area contributed by atoms with E-state index >= 15 is 0 Å². The van der Waals surface area contributed by atoms with Gasteiger partial charge in [-0.25, -0.2) is 4.98 Å². The summed E-state index contributed by atoms with van der Waals surface area (Å²) < 4.78 is 2.74. The van der Waals surface area contributed by atoms with Crippen molar-refractivity contribution >= 4 is 23.6 Å². The summed E-state index contributed by atoms with van der Waals surface area (Å²) in [7, 11) is 0. The fraction of sp³-hybridized carbons (Fsp3) is 0.545. The zero-order chi connectivity index (χ0) is 12.4. The number of thiazole rings is 1. The van der Waals surface area contributed by atoms with Gasteiger partial charge in [-0.15, -0.1) is 11.3 Å². The van der Waals surface area contributed by atoms with Crippen molar-refractivity contribution in [2.75, 3.05) is 0 Å². The summed E-state index contributed by atoms with van der Waals surface area (Å²) in [5.74, 6) is 1.32. The first kappa shape index (κ1) is 12.4. The van der Waals surface area contributed by atoms with Crippen molar-refractivity contribution in [3.63, 3.8) is 0 Å². The lowest BCUT2D eigenvalue weighted by Gasteiger charge is -2.06. The highest BCUT2D eigenvalue weighted by molar-refractivity contribution is 7.71. The molecule has 0 fully saturated rings. The molecule has 2 rings (SSSR count). The van der Waals surface area contributed by atoms with Crippen molar-refractivity contribution in [1.29, 1.82) is 0 Å². The van der Waals surface area contributed by atoms with Crippen LogP contribution in [0, 0.1) is 4.77 Å². The van der Waals surface area contributed by atoms with E-state index in [4.69, 9.17) is 12.2 Å². The second-order valence-electron chi connectivity index (χ2n) is 4.23. The molecule has 0 aliphatic heterocycles. The molecule has 0 amide bonds. The van der Waals surface area contributed by atoms with E-state index in [1.165, 1.54) is 0 Å². The van der Waals surface area contributed by atoms with Gasteiger partial charge in [0.2, 0.25) is 0 Å². The molecule has 0 atom stereocenters. The smallest absolute Gasteiger partial charge is 0.195 e. The molecule has 0 unspecified atom stereocenters. The van der Waals surface area contributed by atoms with Crippen LogP contribution in [0.15, 0.2) is 5.51 Å². The number of rotatable bonds is 4. The molecule has 2 aromatic heterocycles. The Balaban J connectivity index is 2.53. The summed E-state index contributed by atoms with van der Waals surface area (Å²) in [6.07, 6.45) is 1.04. The second kappa shape index (κ2) is 5.10.